The minimum atomic E-state index is -0.0208. The first-order chi connectivity index (χ1) is 5.84. The molecule has 3 N–H and O–H groups in total. The van der Waals surface area contributed by atoms with Crippen LogP contribution in [-0.4, -0.2) is 26.4 Å². The van der Waals surface area contributed by atoms with Crippen molar-refractivity contribution in [3.8, 4) is 0 Å². The predicted molar refractivity (Wildman–Crippen MR) is 47.1 cm³/mol. The van der Waals surface area contributed by atoms with Gasteiger partial charge in [-0.05, 0) is 26.2 Å². The summed E-state index contributed by atoms with van der Waals surface area (Å²) in [6.45, 7) is 0.327. The van der Waals surface area contributed by atoms with Gasteiger partial charge in [-0.25, -0.2) is 0 Å². The van der Waals surface area contributed by atoms with E-state index in [-0.39, 0.29) is 5.78 Å². The van der Waals surface area contributed by atoms with E-state index in [1.807, 2.05) is 0 Å². The van der Waals surface area contributed by atoms with Crippen molar-refractivity contribution >= 4 is 5.78 Å². The Labute approximate surface area is 71.7 Å². The quantitative estimate of drug-likeness (QED) is 0.638. The number of hydrogen-bond donors (Lipinski definition) is 2. The number of ketones is 1. The molecule has 4 heteroatoms. The zero-order valence-electron chi connectivity index (χ0n) is 7.33. The molecule has 0 atom stereocenters. The SMILES string of the molecule is CN.CNCC(=O)c1ccco1. The largest absolute Gasteiger partial charge is 0.461 e. The van der Waals surface area contributed by atoms with E-state index in [0.29, 0.717) is 12.3 Å². The number of carbonyl (C=O) groups excluding carboxylic acids is 1. The minimum Gasteiger partial charge on any atom is -0.461 e. The summed E-state index contributed by atoms with van der Waals surface area (Å²) in [7, 11) is 3.22. The summed E-state index contributed by atoms with van der Waals surface area (Å²) >= 11 is 0. The van der Waals surface area contributed by atoms with Crippen LogP contribution in [-0.2, 0) is 0 Å². The Kier molecular flexibility index (Phi) is 5.95. The smallest absolute Gasteiger partial charge is 0.211 e. The van der Waals surface area contributed by atoms with Crippen LogP contribution < -0.4 is 11.1 Å². The maximum absolute atomic E-state index is 10.9. The van der Waals surface area contributed by atoms with Gasteiger partial charge in [-0.1, -0.05) is 0 Å². The van der Waals surface area contributed by atoms with Crippen LogP contribution in [0.25, 0.3) is 0 Å². The van der Waals surface area contributed by atoms with Crippen molar-refractivity contribution in [2.24, 2.45) is 5.73 Å². The third kappa shape index (κ3) is 3.32. The fourth-order valence-corrected chi connectivity index (χ4v) is 0.685. The lowest BCUT2D eigenvalue weighted by Gasteiger charge is -1.92. The summed E-state index contributed by atoms with van der Waals surface area (Å²) in [4.78, 5) is 10.9. The first kappa shape index (κ1) is 10.9. The van der Waals surface area contributed by atoms with Gasteiger partial charge in [0.1, 0.15) is 0 Å². The molecule has 1 aromatic heterocycles. The van der Waals surface area contributed by atoms with Crippen LogP contribution in [0.1, 0.15) is 10.6 Å². The number of nitrogens with two attached hydrogens (primary N) is 1. The molecule has 0 aliphatic carbocycles. The van der Waals surface area contributed by atoms with E-state index in [1.165, 1.54) is 13.3 Å². The molecule has 0 saturated carbocycles. The molecule has 12 heavy (non-hydrogen) atoms. The van der Waals surface area contributed by atoms with Gasteiger partial charge in [0.2, 0.25) is 5.78 Å². The van der Waals surface area contributed by atoms with Gasteiger partial charge in [0.05, 0.1) is 12.8 Å². The monoisotopic (exact) mass is 170 g/mol. The molecule has 0 spiro atoms. The molecule has 4 nitrogen and oxygen atoms in total. The van der Waals surface area contributed by atoms with Crippen LogP contribution in [0.4, 0.5) is 0 Å². The maximum atomic E-state index is 10.9. The van der Waals surface area contributed by atoms with Crippen LogP contribution in [0.2, 0.25) is 0 Å². The number of carbonyl (C=O) groups is 1. The summed E-state index contributed by atoms with van der Waals surface area (Å²) < 4.78 is 4.86. The van der Waals surface area contributed by atoms with Gasteiger partial charge in [0.25, 0.3) is 0 Å². The number of hydrogen-bond acceptors (Lipinski definition) is 4. The van der Waals surface area contributed by atoms with Crippen molar-refractivity contribution < 1.29 is 9.21 Å². The van der Waals surface area contributed by atoms with Gasteiger partial charge < -0.3 is 15.5 Å². The Morgan fingerprint density at radius 3 is 2.75 bits per heavy atom. The van der Waals surface area contributed by atoms with Gasteiger partial charge in [0, 0.05) is 0 Å². The highest BCUT2D eigenvalue weighted by molar-refractivity contribution is 5.94. The van der Waals surface area contributed by atoms with Crippen molar-refractivity contribution in [2.45, 2.75) is 0 Å². The van der Waals surface area contributed by atoms with Crippen molar-refractivity contribution in [1.29, 1.82) is 0 Å². The summed E-state index contributed by atoms with van der Waals surface area (Å²) in [6.07, 6.45) is 1.49. The van der Waals surface area contributed by atoms with Gasteiger partial charge in [-0.2, -0.15) is 0 Å². The van der Waals surface area contributed by atoms with Crippen molar-refractivity contribution in [1.82, 2.24) is 5.32 Å². The second-order valence-corrected chi connectivity index (χ2v) is 1.93. The molecule has 68 valence electrons. The maximum Gasteiger partial charge on any atom is 0.211 e. The van der Waals surface area contributed by atoms with Crippen molar-refractivity contribution in [3.63, 3.8) is 0 Å². The standard InChI is InChI=1S/C7H9NO2.CH5N/c1-8-5-6(9)7-3-2-4-10-7;1-2/h2-4,8H,5H2,1H3;2H2,1H3. The zero-order valence-corrected chi connectivity index (χ0v) is 7.33. The van der Waals surface area contributed by atoms with Gasteiger partial charge in [-0.15, -0.1) is 0 Å². The van der Waals surface area contributed by atoms with Crippen LogP contribution in [0.3, 0.4) is 0 Å². The van der Waals surface area contributed by atoms with Crippen LogP contribution >= 0.6 is 0 Å². The average molecular weight is 170 g/mol. The highest BCUT2D eigenvalue weighted by Gasteiger charge is 2.05. The highest BCUT2D eigenvalue weighted by atomic mass is 16.3. The van der Waals surface area contributed by atoms with Gasteiger partial charge in [0.15, 0.2) is 5.76 Å². The molecule has 0 amide bonds. The van der Waals surface area contributed by atoms with Crippen LogP contribution in [0, 0.1) is 0 Å². The van der Waals surface area contributed by atoms with Gasteiger partial charge in [-0.3, -0.25) is 4.79 Å². The Hall–Kier alpha value is -1.13. The summed E-state index contributed by atoms with van der Waals surface area (Å²) in [6, 6.07) is 3.35. The van der Waals surface area contributed by atoms with E-state index in [0.717, 1.165) is 0 Å². The molecule has 0 aromatic carbocycles. The molecule has 0 bridgehead atoms. The third-order valence-electron chi connectivity index (χ3n) is 1.13. The fraction of sp³-hybridized carbons (Fsp3) is 0.375. The molecule has 0 fully saturated rings. The fourth-order valence-electron chi connectivity index (χ4n) is 0.685. The molecular formula is C8H14N2O2. The van der Waals surface area contributed by atoms with E-state index in [2.05, 4.69) is 11.1 Å². The molecular weight excluding hydrogens is 156 g/mol. The van der Waals surface area contributed by atoms with Crippen molar-refractivity contribution in [3.05, 3.63) is 24.2 Å². The number of nitrogens with one attached hydrogen (secondary N) is 1. The van der Waals surface area contributed by atoms with E-state index >= 15 is 0 Å². The molecule has 0 saturated heterocycles. The molecule has 1 heterocycles. The Morgan fingerprint density at radius 2 is 2.33 bits per heavy atom. The highest BCUT2D eigenvalue weighted by Crippen LogP contribution is 1.99. The average Bonchev–Trinajstić information content (AvgIpc) is 2.60. The topological polar surface area (TPSA) is 68.3 Å². The second kappa shape index (κ2) is 6.57. The number of furan rings is 1. The summed E-state index contributed by atoms with van der Waals surface area (Å²) in [5, 5.41) is 2.75. The number of likely N-dealkylation sites (N-methyl/N-ethyl adjacent to an activating group) is 1. The third-order valence-corrected chi connectivity index (χ3v) is 1.13. The normalized spacial score (nSPS) is 8.58. The summed E-state index contributed by atoms with van der Waals surface area (Å²) in [5.74, 6) is 0.391. The van der Waals surface area contributed by atoms with Crippen LogP contribution in [0.15, 0.2) is 22.8 Å². The first-order valence-electron chi connectivity index (χ1n) is 3.63. The van der Waals surface area contributed by atoms with Crippen molar-refractivity contribution in [2.75, 3.05) is 20.6 Å². The second-order valence-electron chi connectivity index (χ2n) is 1.93. The summed E-state index contributed by atoms with van der Waals surface area (Å²) in [5.41, 5.74) is 4.50. The number of rotatable bonds is 3. The molecule has 1 aromatic rings. The molecule has 0 radical (unpaired) electrons. The lowest BCUT2D eigenvalue weighted by atomic mass is 10.3. The zero-order chi connectivity index (χ0) is 9.40. The Morgan fingerprint density at radius 1 is 1.67 bits per heavy atom. The lowest BCUT2D eigenvalue weighted by molar-refractivity contribution is 0.0967. The number of Topliss-reactive ketones (excluding diaryl/α,β-unsaturated/α-hetero) is 1. The van der Waals surface area contributed by atoms with Gasteiger partial charge >= 0.3 is 0 Å². The molecule has 1 rings (SSSR count). The molecule has 0 aliphatic heterocycles. The van der Waals surface area contributed by atoms with E-state index in [9.17, 15) is 4.79 Å². The minimum absolute atomic E-state index is 0.0208. The Balaban J connectivity index is 0.000000561. The molecule has 0 unspecified atom stereocenters. The first-order valence-corrected chi connectivity index (χ1v) is 3.63. The lowest BCUT2D eigenvalue weighted by Crippen LogP contribution is -2.17. The Bertz CT molecular complexity index is 207. The van der Waals surface area contributed by atoms with E-state index < -0.39 is 0 Å². The van der Waals surface area contributed by atoms with E-state index in [1.54, 1.807) is 19.2 Å². The predicted octanol–water partition coefficient (Wildman–Crippen LogP) is 0.257. The molecule has 0 aliphatic rings. The van der Waals surface area contributed by atoms with Crippen LogP contribution in [0.5, 0.6) is 0 Å². The van der Waals surface area contributed by atoms with E-state index in [4.69, 9.17) is 4.42 Å².